The first-order chi connectivity index (χ1) is 8.50. The molecule has 1 aliphatic rings. The van der Waals surface area contributed by atoms with Crippen LogP contribution in [0.3, 0.4) is 0 Å². The van der Waals surface area contributed by atoms with E-state index in [1.807, 2.05) is 13.0 Å². The normalized spacial score (nSPS) is 18.8. The molecule has 1 aliphatic carbocycles. The van der Waals surface area contributed by atoms with Crippen molar-refractivity contribution < 1.29 is 9.90 Å². The van der Waals surface area contributed by atoms with Crippen molar-refractivity contribution in [1.82, 2.24) is 5.32 Å². The highest BCUT2D eigenvalue weighted by Gasteiger charge is 2.26. The second-order valence-electron chi connectivity index (χ2n) is 5.47. The molecule has 0 saturated heterocycles. The van der Waals surface area contributed by atoms with Gasteiger partial charge >= 0.3 is 5.97 Å². The number of carboxylic acids is 1. The second-order valence-corrected chi connectivity index (χ2v) is 6.73. The molecule has 0 bridgehead atoms. The highest BCUT2D eigenvalue weighted by atomic mass is 32.1. The summed E-state index contributed by atoms with van der Waals surface area (Å²) in [5, 5.41) is 12.6. The van der Waals surface area contributed by atoms with Crippen LogP contribution in [0.5, 0.6) is 0 Å². The molecule has 100 valence electrons. The SMILES string of the molecule is Cc1sc(C(=O)O)cc1CNC1(C)CCCCC1. The zero-order valence-corrected chi connectivity index (χ0v) is 11.9. The first kappa shape index (κ1) is 13.6. The van der Waals surface area contributed by atoms with Crippen molar-refractivity contribution in [3.63, 3.8) is 0 Å². The average Bonchev–Trinajstić information content (AvgIpc) is 2.70. The maximum absolute atomic E-state index is 10.9. The van der Waals surface area contributed by atoms with Gasteiger partial charge < -0.3 is 10.4 Å². The molecule has 1 saturated carbocycles. The molecule has 0 radical (unpaired) electrons. The Bertz CT molecular complexity index is 433. The van der Waals surface area contributed by atoms with Gasteiger partial charge in [0, 0.05) is 17.0 Å². The van der Waals surface area contributed by atoms with Crippen LogP contribution in [0, 0.1) is 6.92 Å². The Labute approximate surface area is 112 Å². The molecule has 0 amide bonds. The van der Waals surface area contributed by atoms with Crippen molar-refractivity contribution in [2.24, 2.45) is 0 Å². The average molecular weight is 267 g/mol. The summed E-state index contributed by atoms with van der Waals surface area (Å²) in [6.45, 7) is 5.06. The van der Waals surface area contributed by atoms with E-state index in [0.717, 1.165) is 17.0 Å². The van der Waals surface area contributed by atoms with Crippen LogP contribution in [0.4, 0.5) is 0 Å². The summed E-state index contributed by atoms with van der Waals surface area (Å²) in [7, 11) is 0. The smallest absolute Gasteiger partial charge is 0.345 e. The minimum absolute atomic E-state index is 0.232. The number of carbonyl (C=O) groups is 1. The zero-order valence-electron chi connectivity index (χ0n) is 11.1. The van der Waals surface area contributed by atoms with E-state index in [1.54, 1.807) is 0 Å². The van der Waals surface area contributed by atoms with Crippen LogP contribution < -0.4 is 5.32 Å². The van der Waals surface area contributed by atoms with Gasteiger partial charge in [-0.15, -0.1) is 11.3 Å². The lowest BCUT2D eigenvalue weighted by Gasteiger charge is -2.34. The van der Waals surface area contributed by atoms with Crippen molar-refractivity contribution in [2.45, 2.75) is 58.0 Å². The molecular weight excluding hydrogens is 246 g/mol. The summed E-state index contributed by atoms with van der Waals surface area (Å²) in [4.78, 5) is 12.5. The molecule has 1 aromatic heterocycles. The van der Waals surface area contributed by atoms with E-state index in [9.17, 15) is 4.79 Å². The molecule has 0 aliphatic heterocycles. The fourth-order valence-corrected chi connectivity index (χ4v) is 3.50. The summed E-state index contributed by atoms with van der Waals surface area (Å²) >= 11 is 1.37. The van der Waals surface area contributed by atoms with Crippen LogP contribution in [0.25, 0.3) is 0 Å². The highest BCUT2D eigenvalue weighted by Crippen LogP contribution is 2.29. The van der Waals surface area contributed by atoms with Gasteiger partial charge in [0.1, 0.15) is 4.88 Å². The van der Waals surface area contributed by atoms with Crippen LogP contribution in [0.1, 0.15) is 59.1 Å². The van der Waals surface area contributed by atoms with Crippen molar-refractivity contribution in [2.75, 3.05) is 0 Å². The molecule has 18 heavy (non-hydrogen) atoms. The Hall–Kier alpha value is -0.870. The Morgan fingerprint density at radius 1 is 1.44 bits per heavy atom. The minimum Gasteiger partial charge on any atom is -0.477 e. The first-order valence-corrected chi connectivity index (χ1v) is 7.39. The van der Waals surface area contributed by atoms with E-state index in [0.29, 0.717) is 4.88 Å². The maximum Gasteiger partial charge on any atom is 0.345 e. The third-order valence-electron chi connectivity index (χ3n) is 3.89. The molecule has 4 heteroatoms. The number of thiophene rings is 1. The molecule has 1 fully saturated rings. The van der Waals surface area contributed by atoms with Crippen LogP contribution in [-0.2, 0) is 6.54 Å². The minimum atomic E-state index is -0.821. The molecule has 3 nitrogen and oxygen atoms in total. The first-order valence-electron chi connectivity index (χ1n) is 6.58. The monoisotopic (exact) mass is 267 g/mol. The number of rotatable bonds is 4. The van der Waals surface area contributed by atoms with E-state index in [-0.39, 0.29) is 5.54 Å². The third-order valence-corrected chi connectivity index (χ3v) is 4.97. The van der Waals surface area contributed by atoms with Gasteiger partial charge in [0.2, 0.25) is 0 Å². The van der Waals surface area contributed by atoms with Crippen molar-refractivity contribution in [3.05, 3.63) is 21.4 Å². The van der Waals surface area contributed by atoms with E-state index in [4.69, 9.17) is 5.11 Å². The van der Waals surface area contributed by atoms with Crippen molar-refractivity contribution in [1.29, 1.82) is 0 Å². The Balaban J connectivity index is 1.99. The lowest BCUT2D eigenvalue weighted by molar-refractivity contribution is 0.0702. The summed E-state index contributed by atoms with van der Waals surface area (Å²) in [5.41, 5.74) is 1.36. The molecule has 0 unspecified atom stereocenters. The second kappa shape index (κ2) is 5.41. The van der Waals surface area contributed by atoms with E-state index < -0.39 is 5.97 Å². The molecule has 1 heterocycles. The van der Waals surface area contributed by atoms with Gasteiger partial charge in [-0.2, -0.15) is 0 Å². The predicted molar refractivity (Wildman–Crippen MR) is 74.3 cm³/mol. The summed E-state index contributed by atoms with van der Waals surface area (Å²) in [5.74, 6) is -0.821. The lowest BCUT2D eigenvalue weighted by atomic mass is 9.83. The van der Waals surface area contributed by atoms with Gasteiger partial charge in [0.25, 0.3) is 0 Å². The van der Waals surface area contributed by atoms with Gasteiger partial charge in [-0.05, 0) is 38.3 Å². The fourth-order valence-electron chi connectivity index (χ4n) is 2.62. The summed E-state index contributed by atoms with van der Waals surface area (Å²) in [6.07, 6.45) is 6.39. The van der Waals surface area contributed by atoms with E-state index >= 15 is 0 Å². The van der Waals surface area contributed by atoms with Gasteiger partial charge in [-0.25, -0.2) is 4.79 Å². The zero-order chi connectivity index (χ0) is 13.2. The third kappa shape index (κ3) is 3.12. The predicted octanol–water partition coefficient (Wildman–Crippen LogP) is 3.57. The Kier molecular flexibility index (Phi) is 4.07. The molecule has 0 spiro atoms. The summed E-state index contributed by atoms with van der Waals surface area (Å²) in [6, 6.07) is 1.81. The maximum atomic E-state index is 10.9. The number of nitrogens with one attached hydrogen (secondary N) is 1. The lowest BCUT2D eigenvalue weighted by Crippen LogP contribution is -2.43. The van der Waals surface area contributed by atoms with Gasteiger partial charge in [0.15, 0.2) is 0 Å². The quantitative estimate of drug-likeness (QED) is 0.877. The van der Waals surface area contributed by atoms with Crippen molar-refractivity contribution in [3.8, 4) is 0 Å². The van der Waals surface area contributed by atoms with Crippen molar-refractivity contribution >= 4 is 17.3 Å². The van der Waals surface area contributed by atoms with Crippen LogP contribution in [-0.4, -0.2) is 16.6 Å². The summed E-state index contributed by atoms with van der Waals surface area (Å²) < 4.78 is 0. The molecule has 0 atom stereocenters. The molecule has 2 rings (SSSR count). The van der Waals surface area contributed by atoms with Crippen LogP contribution in [0.2, 0.25) is 0 Å². The molecule has 0 aromatic carbocycles. The van der Waals surface area contributed by atoms with E-state index in [1.165, 1.54) is 43.4 Å². The number of hydrogen-bond acceptors (Lipinski definition) is 3. The van der Waals surface area contributed by atoms with E-state index in [2.05, 4.69) is 12.2 Å². The van der Waals surface area contributed by atoms with Crippen LogP contribution in [0.15, 0.2) is 6.07 Å². The van der Waals surface area contributed by atoms with Gasteiger partial charge in [-0.1, -0.05) is 19.3 Å². The number of aryl methyl sites for hydroxylation is 1. The molecule has 2 N–H and O–H groups in total. The Morgan fingerprint density at radius 3 is 2.67 bits per heavy atom. The fraction of sp³-hybridized carbons (Fsp3) is 0.643. The number of aromatic carboxylic acids is 1. The number of carboxylic acid groups (broad SMARTS) is 1. The standard InChI is InChI=1S/C14H21NO2S/c1-10-11(8-12(18-10)13(16)17)9-15-14(2)6-4-3-5-7-14/h8,15H,3-7,9H2,1-2H3,(H,16,17). The topological polar surface area (TPSA) is 49.3 Å². The number of hydrogen-bond donors (Lipinski definition) is 2. The largest absolute Gasteiger partial charge is 0.477 e. The highest BCUT2D eigenvalue weighted by molar-refractivity contribution is 7.14. The molecule has 1 aromatic rings. The molecular formula is C14H21NO2S. The Morgan fingerprint density at radius 2 is 2.11 bits per heavy atom. The van der Waals surface area contributed by atoms with Crippen LogP contribution >= 0.6 is 11.3 Å². The van der Waals surface area contributed by atoms with Gasteiger partial charge in [0.05, 0.1) is 0 Å². The van der Waals surface area contributed by atoms with Gasteiger partial charge in [-0.3, -0.25) is 0 Å².